The van der Waals surface area contributed by atoms with Gasteiger partial charge >= 0.3 is 29.6 Å². The molecule has 0 spiro atoms. The quantitative estimate of drug-likeness (QED) is 0.529. The Morgan fingerprint density at radius 3 is 2.76 bits per heavy atom. The number of ether oxygens (including phenoxy) is 1. The molecule has 86 valence electrons. The molecule has 17 heavy (non-hydrogen) atoms. The third-order valence-electron chi connectivity index (χ3n) is 1.81. The predicted molar refractivity (Wildman–Crippen MR) is 59.5 cm³/mol. The van der Waals surface area contributed by atoms with E-state index < -0.39 is 10.3 Å². The molecule has 0 saturated carbocycles. The fraction of sp³-hybridized carbons (Fsp3) is 0.125. The molecule has 1 heterocycles. The Morgan fingerprint density at radius 1 is 1.47 bits per heavy atom. The van der Waals surface area contributed by atoms with Crippen molar-refractivity contribution in [1.29, 1.82) is 0 Å². The number of fused-ring (bicyclic) bond motifs is 1. The topological polar surface area (TPSA) is 91.3 Å². The Hall–Kier alpha value is -0.380. The Bertz CT molecular complexity index is 625. The van der Waals surface area contributed by atoms with Gasteiger partial charge in [0.05, 0.1) is 11.8 Å². The van der Waals surface area contributed by atoms with E-state index in [1.54, 1.807) is 22.9 Å². The van der Waals surface area contributed by atoms with E-state index in [2.05, 4.69) is 4.98 Å². The fourth-order valence-corrected chi connectivity index (χ4v) is 2.71. The van der Waals surface area contributed by atoms with Gasteiger partial charge in [0, 0.05) is 0 Å². The van der Waals surface area contributed by atoms with Crippen molar-refractivity contribution in [2.75, 3.05) is 11.8 Å². The van der Waals surface area contributed by atoms with Gasteiger partial charge in [-0.05, 0) is 12.1 Å². The molecule has 0 amide bonds. The monoisotopic (exact) mass is 282 g/mol. The first-order valence-corrected chi connectivity index (χ1v) is 6.39. The molecule has 0 aliphatic rings. The summed E-state index contributed by atoms with van der Waals surface area (Å²) >= 11 is 1.07. The smallest absolute Gasteiger partial charge is 0.731 e. The van der Waals surface area contributed by atoms with Gasteiger partial charge in [-0.1, -0.05) is 17.4 Å². The van der Waals surface area contributed by atoms with Crippen LogP contribution in [0.25, 0.3) is 10.2 Å². The summed E-state index contributed by atoms with van der Waals surface area (Å²) in [5.74, 6) is 0.532. The molecular weight excluding hydrogens is 275 g/mol. The van der Waals surface area contributed by atoms with Crippen molar-refractivity contribution in [3.05, 3.63) is 18.2 Å². The molecule has 0 aliphatic heterocycles. The second-order valence-electron chi connectivity index (χ2n) is 2.88. The molecule has 1 aromatic heterocycles. The Balaban J connectivity index is 0.00000144. The molecule has 1 aromatic carbocycles. The van der Waals surface area contributed by atoms with E-state index in [0.717, 1.165) is 16.0 Å². The number of benzene rings is 1. The molecule has 0 radical (unpaired) electrons. The minimum atomic E-state index is -4.54. The number of para-hydroxylation sites is 1. The average molecular weight is 282 g/mol. The molecule has 2 aromatic rings. The number of aromatic nitrogens is 1. The zero-order valence-electron chi connectivity index (χ0n) is 9.13. The van der Waals surface area contributed by atoms with Crippen molar-refractivity contribution in [2.24, 2.45) is 0 Å². The van der Waals surface area contributed by atoms with Crippen molar-refractivity contribution in [2.45, 2.75) is 0 Å². The van der Waals surface area contributed by atoms with Crippen molar-refractivity contribution in [3.63, 3.8) is 0 Å². The molecule has 9 heteroatoms. The van der Waals surface area contributed by atoms with Gasteiger partial charge in [0.1, 0.15) is 11.3 Å². The van der Waals surface area contributed by atoms with Gasteiger partial charge in [0.15, 0.2) is 15.4 Å². The zero-order chi connectivity index (χ0) is 11.8. The van der Waals surface area contributed by atoms with Gasteiger partial charge in [-0.15, -0.1) is 0 Å². The summed E-state index contributed by atoms with van der Waals surface area (Å²) in [6.45, 7) is 0. The summed E-state index contributed by atoms with van der Waals surface area (Å²) in [4.78, 5) is 3.97. The SMILES string of the molecule is COc1cccc2sc(NS(=O)(=O)[O-])nc12.[Na+]. The molecule has 0 unspecified atom stereocenters. The van der Waals surface area contributed by atoms with Crippen LogP contribution in [0.1, 0.15) is 0 Å². The summed E-state index contributed by atoms with van der Waals surface area (Å²) in [5.41, 5.74) is 0.529. The summed E-state index contributed by atoms with van der Waals surface area (Å²) in [6, 6.07) is 5.23. The van der Waals surface area contributed by atoms with Crippen LogP contribution in [0.2, 0.25) is 0 Å². The number of thiazole rings is 1. The third kappa shape index (κ3) is 3.54. The largest absolute Gasteiger partial charge is 1.00 e. The van der Waals surface area contributed by atoms with Crippen LogP contribution in [-0.2, 0) is 10.3 Å². The maximum atomic E-state index is 10.5. The third-order valence-corrected chi connectivity index (χ3v) is 3.32. The standard InChI is InChI=1S/C8H8N2O4S2.Na/c1-14-5-3-2-4-6-7(5)9-8(15-6)10-16(11,12)13;/h2-4H,1H3,(H,9,10)(H,11,12,13);/q;+1/p-1. The van der Waals surface area contributed by atoms with Gasteiger partial charge in [-0.25, -0.2) is 13.4 Å². The molecule has 0 fully saturated rings. The summed E-state index contributed by atoms with van der Waals surface area (Å²) < 4.78 is 39.1. The van der Waals surface area contributed by atoms with Crippen molar-refractivity contribution < 1.29 is 47.3 Å². The van der Waals surface area contributed by atoms with E-state index in [-0.39, 0.29) is 34.7 Å². The number of hydrogen-bond donors (Lipinski definition) is 1. The molecule has 0 bridgehead atoms. The van der Waals surface area contributed by atoms with Gasteiger partial charge in [-0.2, -0.15) is 0 Å². The number of hydrogen-bond acceptors (Lipinski definition) is 6. The second kappa shape index (κ2) is 5.51. The van der Waals surface area contributed by atoms with E-state index in [4.69, 9.17) is 4.74 Å². The van der Waals surface area contributed by atoms with Crippen LogP contribution in [-0.4, -0.2) is 25.1 Å². The Morgan fingerprint density at radius 2 is 2.18 bits per heavy atom. The van der Waals surface area contributed by atoms with Gasteiger partial charge in [0.25, 0.3) is 0 Å². The van der Waals surface area contributed by atoms with Crippen LogP contribution < -0.4 is 39.0 Å². The average Bonchev–Trinajstić information content (AvgIpc) is 2.56. The van der Waals surface area contributed by atoms with Crippen molar-refractivity contribution in [3.8, 4) is 5.75 Å². The molecule has 0 saturated heterocycles. The van der Waals surface area contributed by atoms with E-state index in [9.17, 15) is 13.0 Å². The van der Waals surface area contributed by atoms with Crippen molar-refractivity contribution in [1.82, 2.24) is 4.98 Å². The molecule has 1 N–H and O–H groups in total. The van der Waals surface area contributed by atoms with Crippen LogP contribution in [0.5, 0.6) is 5.75 Å². The van der Waals surface area contributed by atoms with E-state index in [0.29, 0.717) is 11.3 Å². The first-order valence-electron chi connectivity index (χ1n) is 4.17. The first-order chi connectivity index (χ1) is 7.49. The van der Waals surface area contributed by atoms with E-state index in [1.165, 1.54) is 7.11 Å². The maximum Gasteiger partial charge on any atom is 1.00 e. The number of nitrogens with one attached hydrogen (secondary N) is 1. The molecular formula is C8H7N2NaO4S2. The zero-order valence-corrected chi connectivity index (χ0v) is 12.8. The molecule has 6 nitrogen and oxygen atoms in total. The normalized spacial score (nSPS) is 10.9. The molecule has 2 rings (SSSR count). The summed E-state index contributed by atoms with van der Waals surface area (Å²) in [6.07, 6.45) is 0. The van der Waals surface area contributed by atoms with E-state index >= 15 is 0 Å². The van der Waals surface area contributed by atoms with Crippen LogP contribution in [0.3, 0.4) is 0 Å². The van der Waals surface area contributed by atoms with Crippen molar-refractivity contribution >= 4 is 37.0 Å². The second-order valence-corrected chi connectivity index (χ2v) is 5.03. The maximum absolute atomic E-state index is 10.5. The fourth-order valence-electron chi connectivity index (χ4n) is 1.24. The van der Waals surface area contributed by atoms with Crippen LogP contribution in [0.4, 0.5) is 5.13 Å². The number of rotatable bonds is 3. The molecule has 0 aliphatic carbocycles. The number of nitrogens with zero attached hydrogens (tertiary/aromatic N) is 1. The van der Waals surface area contributed by atoms with Crippen LogP contribution >= 0.6 is 11.3 Å². The van der Waals surface area contributed by atoms with Gasteiger partial charge in [0.2, 0.25) is 0 Å². The predicted octanol–water partition coefficient (Wildman–Crippen LogP) is -1.82. The summed E-state index contributed by atoms with van der Waals surface area (Å²) in [5, 5.41) is 0.0366. The van der Waals surface area contributed by atoms with E-state index in [1.807, 2.05) is 0 Å². The minimum absolute atomic E-state index is 0. The Labute approximate surface area is 124 Å². The van der Waals surface area contributed by atoms with Gasteiger partial charge in [-0.3, -0.25) is 4.72 Å². The van der Waals surface area contributed by atoms with Crippen LogP contribution in [0.15, 0.2) is 18.2 Å². The number of anilines is 1. The molecule has 0 atom stereocenters. The Kier molecular flexibility index (Phi) is 4.76. The minimum Gasteiger partial charge on any atom is -0.731 e. The van der Waals surface area contributed by atoms with Gasteiger partial charge < -0.3 is 9.29 Å². The van der Waals surface area contributed by atoms with Crippen LogP contribution in [0, 0.1) is 0 Å². The summed E-state index contributed by atoms with van der Waals surface area (Å²) in [7, 11) is -3.05. The number of methoxy groups -OCH3 is 1. The first kappa shape index (κ1) is 14.7.